The first-order chi connectivity index (χ1) is 9.39. The van der Waals surface area contributed by atoms with Crippen LogP contribution in [-0.2, 0) is 0 Å². The van der Waals surface area contributed by atoms with Gasteiger partial charge in [-0.2, -0.15) is 13.2 Å². The fraction of sp³-hybridized carbons (Fsp3) is 0.667. The smallest absolute Gasteiger partial charge is 0.391 e. The van der Waals surface area contributed by atoms with Gasteiger partial charge in [0.15, 0.2) is 0 Å². The summed E-state index contributed by atoms with van der Waals surface area (Å²) in [6.45, 7) is 1.86. The number of aliphatic hydroxyl groups is 1. The van der Waals surface area contributed by atoms with Crippen molar-refractivity contribution >= 4 is 0 Å². The molecule has 4 atom stereocenters. The third-order valence-corrected chi connectivity index (χ3v) is 4.40. The van der Waals surface area contributed by atoms with Crippen LogP contribution in [0.15, 0.2) is 24.5 Å². The van der Waals surface area contributed by atoms with Crippen molar-refractivity contribution in [1.82, 2.24) is 4.98 Å². The molecule has 0 aliphatic heterocycles. The van der Waals surface area contributed by atoms with E-state index in [9.17, 15) is 18.3 Å². The lowest BCUT2D eigenvalue weighted by molar-refractivity contribution is -0.189. The van der Waals surface area contributed by atoms with Crippen molar-refractivity contribution in [3.8, 4) is 0 Å². The lowest BCUT2D eigenvalue weighted by atomic mass is 9.74. The van der Waals surface area contributed by atoms with Crippen LogP contribution in [0.3, 0.4) is 0 Å². The molecule has 0 spiro atoms. The van der Waals surface area contributed by atoms with Crippen LogP contribution in [-0.4, -0.2) is 22.4 Å². The topological polar surface area (TPSA) is 33.1 Å². The van der Waals surface area contributed by atoms with Crippen molar-refractivity contribution in [2.45, 2.75) is 50.8 Å². The minimum absolute atomic E-state index is 0.0418. The van der Waals surface area contributed by atoms with Gasteiger partial charge in [-0.25, -0.2) is 0 Å². The molecule has 1 aromatic rings. The molecule has 112 valence electrons. The van der Waals surface area contributed by atoms with Crippen LogP contribution < -0.4 is 0 Å². The van der Waals surface area contributed by atoms with E-state index in [4.69, 9.17) is 0 Å². The minimum Gasteiger partial charge on any atom is -0.392 e. The highest BCUT2D eigenvalue weighted by Gasteiger charge is 2.44. The zero-order chi connectivity index (χ0) is 14.8. The summed E-state index contributed by atoms with van der Waals surface area (Å²) in [4.78, 5) is 3.91. The second-order valence-corrected chi connectivity index (χ2v) is 5.73. The number of alkyl halides is 3. The van der Waals surface area contributed by atoms with E-state index in [1.54, 1.807) is 24.5 Å². The Morgan fingerprint density at radius 3 is 2.50 bits per heavy atom. The molecular weight excluding hydrogens is 267 g/mol. The van der Waals surface area contributed by atoms with Crippen molar-refractivity contribution in [1.29, 1.82) is 0 Å². The highest BCUT2D eigenvalue weighted by atomic mass is 19.4. The number of nitrogens with zero attached hydrogens (tertiary/aromatic N) is 1. The summed E-state index contributed by atoms with van der Waals surface area (Å²) in [7, 11) is 0. The molecule has 0 aromatic carbocycles. The Kier molecular flexibility index (Phi) is 4.68. The van der Waals surface area contributed by atoms with Crippen molar-refractivity contribution in [2.75, 3.05) is 0 Å². The Balaban J connectivity index is 2.03. The highest BCUT2D eigenvalue weighted by Crippen LogP contribution is 2.42. The van der Waals surface area contributed by atoms with Crippen LogP contribution in [0, 0.1) is 11.8 Å². The summed E-state index contributed by atoms with van der Waals surface area (Å²) >= 11 is 0. The maximum absolute atomic E-state index is 12.8. The maximum Gasteiger partial charge on any atom is 0.391 e. The zero-order valence-corrected chi connectivity index (χ0v) is 11.5. The van der Waals surface area contributed by atoms with Crippen molar-refractivity contribution < 1.29 is 18.3 Å². The molecule has 1 saturated carbocycles. The largest absolute Gasteiger partial charge is 0.392 e. The first-order valence-corrected chi connectivity index (χ1v) is 7.04. The number of rotatable bonds is 3. The van der Waals surface area contributed by atoms with Crippen LogP contribution in [0.1, 0.15) is 44.1 Å². The summed E-state index contributed by atoms with van der Waals surface area (Å²) in [5.74, 6) is -1.71. The van der Waals surface area contributed by atoms with Gasteiger partial charge in [0.05, 0.1) is 12.0 Å². The van der Waals surface area contributed by atoms with Gasteiger partial charge in [0.2, 0.25) is 0 Å². The van der Waals surface area contributed by atoms with Gasteiger partial charge in [-0.3, -0.25) is 4.98 Å². The summed E-state index contributed by atoms with van der Waals surface area (Å²) in [6, 6.07) is 3.61. The summed E-state index contributed by atoms with van der Waals surface area (Å²) in [5.41, 5.74) is 0.918. The molecule has 4 unspecified atom stereocenters. The van der Waals surface area contributed by atoms with E-state index < -0.39 is 18.2 Å². The molecule has 20 heavy (non-hydrogen) atoms. The number of hydrogen-bond acceptors (Lipinski definition) is 2. The third kappa shape index (κ3) is 3.51. The van der Waals surface area contributed by atoms with E-state index in [1.807, 2.05) is 6.92 Å². The Morgan fingerprint density at radius 1 is 1.25 bits per heavy atom. The molecule has 5 heteroatoms. The van der Waals surface area contributed by atoms with Crippen molar-refractivity contribution in [3.05, 3.63) is 30.1 Å². The van der Waals surface area contributed by atoms with Gasteiger partial charge < -0.3 is 5.11 Å². The van der Waals surface area contributed by atoms with Crippen LogP contribution in [0.2, 0.25) is 0 Å². The van der Waals surface area contributed by atoms with E-state index in [2.05, 4.69) is 4.98 Å². The lowest BCUT2D eigenvalue weighted by Gasteiger charge is -2.35. The summed E-state index contributed by atoms with van der Waals surface area (Å²) < 4.78 is 38.4. The molecular formula is C15H20F3NO. The van der Waals surface area contributed by atoms with Gasteiger partial charge in [-0.15, -0.1) is 0 Å². The molecule has 2 nitrogen and oxygen atoms in total. The zero-order valence-electron chi connectivity index (χ0n) is 11.5. The van der Waals surface area contributed by atoms with E-state index >= 15 is 0 Å². The van der Waals surface area contributed by atoms with E-state index in [1.165, 1.54) is 0 Å². The monoisotopic (exact) mass is 287 g/mol. The van der Waals surface area contributed by atoms with Gasteiger partial charge >= 0.3 is 6.18 Å². The standard InChI is InChI=1S/C15H20F3NO/c1-10(11-5-7-19-8-6-11)14(20)12-3-2-4-13(9-12)15(16,17)18/h5-8,10,12-14,20H,2-4,9H2,1H3. The van der Waals surface area contributed by atoms with Gasteiger partial charge in [-0.1, -0.05) is 13.3 Å². The second-order valence-electron chi connectivity index (χ2n) is 5.73. The number of hydrogen-bond donors (Lipinski definition) is 1. The first-order valence-electron chi connectivity index (χ1n) is 7.04. The van der Waals surface area contributed by atoms with Gasteiger partial charge in [0, 0.05) is 18.3 Å². The summed E-state index contributed by atoms with van der Waals surface area (Å²) in [5, 5.41) is 10.4. The molecule has 1 aliphatic carbocycles. The van der Waals surface area contributed by atoms with E-state index in [0.717, 1.165) is 5.56 Å². The van der Waals surface area contributed by atoms with Crippen LogP contribution in [0.4, 0.5) is 13.2 Å². The van der Waals surface area contributed by atoms with Gasteiger partial charge in [0.25, 0.3) is 0 Å². The van der Waals surface area contributed by atoms with Crippen LogP contribution in [0.5, 0.6) is 0 Å². The molecule has 0 amide bonds. The van der Waals surface area contributed by atoms with Crippen LogP contribution >= 0.6 is 0 Å². The van der Waals surface area contributed by atoms with Crippen molar-refractivity contribution in [3.63, 3.8) is 0 Å². The van der Waals surface area contributed by atoms with Gasteiger partial charge in [0.1, 0.15) is 0 Å². The molecule has 1 aliphatic rings. The van der Waals surface area contributed by atoms with Gasteiger partial charge in [-0.05, 0) is 42.9 Å². The molecule has 2 rings (SSSR count). The van der Waals surface area contributed by atoms with E-state index in [0.29, 0.717) is 12.8 Å². The molecule has 0 radical (unpaired) electrons. The second kappa shape index (κ2) is 6.12. The predicted molar refractivity (Wildman–Crippen MR) is 70.2 cm³/mol. The molecule has 1 fully saturated rings. The van der Waals surface area contributed by atoms with Crippen molar-refractivity contribution in [2.24, 2.45) is 11.8 Å². The Labute approximate surface area is 117 Å². The Bertz CT molecular complexity index is 421. The number of aromatic nitrogens is 1. The molecule has 1 N–H and O–H groups in total. The third-order valence-electron chi connectivity index (χ3n) is 4.40. The van der Waals surface area contributed by atoms with E-state index in [-0.39, 0.29) is 24.7 Å². The SMILES string of the molecule is CC(c1ccncc1)C(O)C1CCCC(C(F)(F)F)C1. The first kappa shape index (κ1) is 15.3. The average molecular weight is 287 g/mol. The lowest BCUT2D eigenvalue weighted by Crippen LogP contribution is -2.35. The fourth-order valence-corrected chi connectivity index (χ4v) is 3.11. The average Bonchev–Trinajstić information content (AvgIpc) is 2.46. The van der Waals surface area contributed by atoms with Crippen LogP contribution in [0.25, 0.3) is 0 Å². The Hall–Kier alpha value is -1.10. The normalized spacial score (nSPS) is 27.1. The number of aliphatic hydroxyl groups excluding tert-OH is 1. The number of pyridine rings is 1. The molecule has 1 aromatic heterocycles. The summed E-state index contributed by atoms with van der Waals surface area (Å²) in [6.07, 6.45) is -0.162. The minimum atomic E-state index is -4.14. The number of halogens is 3. The predicted octanol–water partition coefficient (Wildman–Crippen LogP) is 3.91. The maximum atomic E-state index is 12.8. The molecule has 1 heterocycles. The fourth-order valence-electron chi connectivity index (χ4n) is 3.11. The quantitative estimate of drug-likeness (QED) is 0.914. The Morgan fingerprint density at radius 2 is 1.90 bits per heavy atom. The molecule has 0 bridgehead atoms. The highest BCUT2D eigenvalue weighted by molar-refractivity contribution is 5.16. The molecule has 0 saturated heterocycles.